The molecule has 122 valence electrons. The molecule has 0 saturated carbocycles. The van der Waals surface area contributed by atoms with Gasteiger partial charge in [-0.05, 0) is 25.7 Å². The summed E-state index contributed by atoms with van der Waals surface area (Å²) in [7, 11) is 0. The molecule has 0 aliphatic heterocycles. The van der Waals surface area contributed by atoms with Gasteiger partial charge in [0.15, 0.2) is 0 Å². The van der Waals surface area contributed by atoms with E-state index < -0.39 is 12.2 Å². The Hall–Kier alpha value is -1.92. The van der Waals surface area contributed by atoms with Crippen LogP contribution in [-0.4, -0.2) is 53.5 Å². The molecule has 0 aromatic rings. The third-order valence-electron chi connectivity index (χ3n) is 2.96. The molecule has 0 aromatic carbocycles. The maximum Gasteiger partial charge on any atom is 0.407 e. The molecule has 0 rings (SSSR count). The third kappa shape index (κ3) is 12.8. The molecule has 0 bridgehead atoms. The number of hydrogen-bond donors (Lipinski definition) is 3. The minimum Gasteiger partial charge on any atom is -0.502 e. The Bertz CT molecular complexity index is 310. The van der Waals surface area contributed by atoms with Gasteiger partial charge in [-0.2, -0.15) is 0 Å². The van der Waals surface area contributed by atoms with Crippen LogP contribution in [-0.2, 0) is 4.74 Å². The Labute approximate surface area is 125 Å². The van der Waals surface area contributed by atoms with E-state index >= 15 is 0 Å². The topological polar surface area (TPSA) is 99.1 Å². The number of ether oxygens (including phenoxy) is 1. The first-order chi connectivity index (χ1) is 10.1. The number of amides is 2. The van der Waals surface area contributed by atoms with E-state index in [0.29, 0.717) is 26.2 Å². The van der Waals surface area contributed by atoms with Crippen LogP contribution in [0.25, 0.3) is 0 Å². The summed E-state index contributed by atoms with van der Waals surface area (Å²) in [4.78, 5) is 22.7. The first-order valence-electron chi connectivity index (χ1n) is 7.25. The second-order valence-corrected chi connectivity index (χ2v) is 4.66. The average Bonchev–Trinajstić information content (AvgIpc) is 2.43. The van der Waals surface area contributed by atoms with Gasteiger partial charge in [0.1, 0.15) is 0 Å². The van der Waals surface area contributed by atoms with Crippen molar-refractivity contribution in [3.8, 4) is 0 Å². The molecule has 3 N–H and O–H groups in total. The number of nitrogens with zero attached hydrogens (tertiary/aromatic N) is 1. The van der Waals surface area contributed by atoms with Crippen LogP contribution in [0.2, 0.25) is 0 Å². The first-order valence-corrected chi connectivity index (χ1v) is 7.25. The van der Waals surface area contributed by atoms with E-state index in [-0.39, 0.29) is 0 Å². The van der Waals surface area contributed by atoms with E-state index in [0.717, 1.165) is 38.5 Å². The SMILES string of the molecule is C=COCCCCN(CCCCCCNC(=O)O)C(=O)O. The molecule has 0 aliphatic rings. The van der Waals surface area contributed by atoms with Gasteiger partial charge in [0.05, 0.1) is 12.9 Å². The van der Waals surface area contributed by atoms with Crippen LogP contribution in [0.3, 0.4) is 0 Å². The van der Waals surface area contributed by atoms with E-state index in [1.807, 2.05) is 0 Å². The van der Waals surface area contributed by atoms with Crippen molar-refractivity contribution < 1.29 is 24.5 Å². The molecule has 0 aliphatic carbocycles. The molecule has 2 amide bonds. The Balaban J connectivity index is 3.58. The largest absolute Gasteiger partial charge is 0.502 e. The van der Waals surface area contributed by atoms with Crippen molar-refractivity contribution in [2.24, 2.45) is 0 Å². The summed E-state index contributed by atoms with van der Waals surface area (Å²) in [5.41, 5.74) is 0. The predicted molar refractivity (Wildman–Crippen MR) is 79.5 cm³/mol. The van der Waals surface area contributed by atoms with E-state index in [4.69, 9.17) is 14.9 Å². The Morgan fingerprint density at radius 3 is 2.24 bits per heavy atom. The lowest BCUT2D eigenvalue weighted by Gasteiger charge is -2.19. The van der Waals surface area contributed by atoms with Gasteiger partial charge in [-0.3, -0.25) is 0 Å². The van der Waals surface area contributed by atoms with Gasteiger partial charge >= 0.3 is 12.2 Å². The molecular weight excluding hydrogens is 276 g/mol. The van der Waals surface area contributed by atoms with Gasteiger partial charge < -0.3 is 25.2 Å². The van der Waals surface area contributed by atoms with Crippen LogP contribution in [0.1, 0.15) is 38.5 Å². The number of carboxylic acid groups (broad SMARTS) is 2. The molecule has 0 fully saturated rings. The van der Waals surface area contributed by atoms with Crippen molar-refractivity contribution in [1.82, 2.24) is 10.2 Å². The maximum absolute atomic E-state index is 11.1. The van der Waals surface area contributed by atoms with Gasteiger partial charge in [0.25, 0.3) is 0 Å². The first kappa shape index (κ1) is 19.1. The lowest BCUT2D eigenvalue weighted by molar-refractivity contribution is 0.141. The summed E-state index contributed by atoms with van der Waals surface area (Å²) >= 11 is 0. The number of unbranched alkanes of at least 4 members (excludes halogenated alkanes) is 4. The van der Waals surface area contributed by atoms with E-state index in [9.17, 15) is 9.59 Å². The monoisotopic (exact) mass is 302 g/mol. The molecule has 0 aromatic heterocycles. The van der Waals surface area contributed by atoms with Gasteiger partial charge in [-0.15, -0.1) is 0 Å². The van der Waals surface area contributed by atoms with E-state index in [1.54, 1.807) is 0 Å². The number of nitrogens with one attached hydrogen (secondary N) is 1. The lowest BCUT2D eigenvalue weighted by Crippen LogP contribution is -2.31. The highest BCUT2D eigenvalue weighted by atomic mass is 16.5. The summed E-state index contributed by atoms with van der Waals surface area (Å²) in [5, 5.41) is 19.8. The maximum atomic E-state index is 11.1. The Kier molecular flexibility index (Phi) is 11.9. The Morgan fingerprint density at radius 1 is 1.05 bits per heavy atom. The van der Waals surface area contributed by atoms with Crippen molar-refractivity contribution in [2.45, 2.75) is 38.5 Å². The lowest BCUT2D eigenvalue weighted by atomic mass is 10.2. The highest BCUT2D eigenvalue weighted by Gasteiger charge is 2.10. The van der Waals surface area contributed by atoms with E-state index in [1.165, 1.54) is 11.2 Å². The average molecular weight is 302 g/mol. The summed E-state index contributed by atoms with van der Waals surface area (Å²) in [6.07, 6.45) is 4.40. The molecule has 0 saturated heterocycles. The molecule has 7 heteroatoms. The standard InChI is InChI=1S/C14H26N2O5/c1-2-21-12-8-7-11-16(14(19)20)10-6-4-3-5-9-15-13(17)18/h2,15H,1,3-12H2,(H,17,18)(H,19,20). The van der Waals surface area contributed by atoms with Crippen molar-refractivity contribution >= 4 is 12.2 Å². The van der Waals surface area contributed by atoms with Crippen LogP contribution in [0.5, 0.6) is 0 Å². The molecule has 21 heavy (non-hydrogen) atoms. The van der Waals surface area contributed by atoms with Crippen LogP contribution in [0.4, 0.5) is 9.59 Å². The van der Waals surface area contributed by atoms with Crippen molar-refractivity contribution in [2.75, 3.05) is 26.2 Å². The van der Waals surface area contributed by atoms with Gasteiger partial charge in [-0.1, -0.05) is 19.4 Å². The zero-order valence-corrected chi connectivity index (χ0v) is 12.4. The zero-order valence-electron chi connectivity index (χ0n) is 12.4. The highest BCUT2D eigenvalue weighted by molar-refractivity contribution is 5.64. The smallest absolute Gasteiger partial charge is 0.407 e. The van der Waals surface area contributed by atoms with E-state index in [2.05, 4.69) is 11.9 Å². The normalized spacial score (nSPS) is 9.90. The summed E-state index contributed by atoms with van der Waals surface area (Å²) < 4.78 is 4.98. The molecule has 0 heterocycles. The molecule has 0 atom stereocenters. The van der Waals surface area contributed by atoms with Gasteiger partial charge in [-0.25, -0.2) is 9.59 Å². The minimum atomic E-state index is -1.01. The second-order valence-electron chi connectivity index (χ2n) is 4.66. The van der Waals surface area contributed by atoms with Gasteiger partial charge in [0.2, 0.25) is 0 Å². The Morgan fingerprint density at radius 2 is 1.67 bits per heavy atom. The molecule has 0 spiro atoms. The second kappa shape index (κ2) is 13.1. The summed E-state index contributed by atoms with van der Waals surface area (Å²) in [6, 6.07) is 0. The number of rotatable bonds is 13. The summed E-state index contributed by atoms with van der Waals surface area (Å²) in [5.74, 6) is 0. The van der Waals surface area contributed by atoms with Crippen LogP contribution in [0.15, 0.2) is 12.8 Å². The minimum absolute atomic E-state index is 0.446. The third-order valence-corrected chi connectivity index (χ3v) is 2.96. The quantitative estimate of drug-likeness (QED) is 0.359. The molecule has 0 radical (unpaired) electrons. The van der Waals surface area contributed by atoms with Gasteiger partial charge in [0, 0.05) is 19.6 Å². The fraction of sp³-hybridized carbons (Fsp3) is 0.714. The molecular formula is C14H26N2O5. The van der Waals surface area contributed by atoms with Crippen molar-refractivity contribution in [3.63, 3.8) is 0 Å². The number of carbonyl (C=O) groups is 2. The zero-order chi connectivity index (χ0) is 15.9. The predicted octanol–water partition coefficient (Wildman–Crippen LogP) is 2.73. The van der Waals surface area contributed by atoms with Crippen LogP contribution >= 0.6 is 0 Å². The fourth-order valence-corrected chi connectivity index (χ4v) is 1.85. The summed E-state index contributed by atoms with van der Waals surface area (Å²) in [6.45, 7) is 5.48. The number of hydrogen-bond acceptors (Lipinski definition) is 3. The molecule has 0 unspecified atom stereocenters. The van der Waals surface area contributed by atoms with Crippen molar-refractivity contribution in [1.29, 1.82) is 0 Å². The fourth-order valence-electron chi connectivity index (χ4n) is 1.85. The van der Waals surface area contributed by atoms with Crippen LogP contribution in [0, 0.1) is 0 Å². The molecule has 7 nitrogen and oxygen atoms in total. The van der Waals surface area contributed by atoms with Crippen molar-refractivity contribution in [3.05, 3.63) is 12.8 Å². The van der Waals surface area contributed by atoms with Crippen LogP contribution < -0.4 is 5.32 Å². The highest BCUT2D eigenvalue weighted by Crippen LogP contribution is 2.04.